The number of halogens is 1. The summed E-state index contributed by atoms with van der Waals surface area (Å²) in [4.78, 5) is 31.0. The number of carbonyl (C=O) groups excluding carboxylic acids is 1. The number of H-pyrrole nitrogens is 1. The molecule has 0 spiro atoms. The standard InChI is InChI=1S/C26H22ClN5O3/c27-18-6-1-3-8-21(18)32-23(16-20(29-32)24-10-5-15-35-24)25(33)30-13-11-17(12-14-30)31-22-9-4-2-7-19(22)28-26(31)34/h1-10,15-17H,11-14H2,(H,28,34). The Bertz CT molecular complexity index is 1570. The molecule has 9 heteroatoms. The Labute approximate surface area is 205 Å². The number of aromatic amines is 1. The first kappa shape index (κ1) is 21.5. The van der Waals surface area contributed by atoms with Gasteiger partial charge in [0.15, 0.2) is 5.76 Å². The summed E-state index contributed by atoms with van der Waals surface area (Å²) in [6, 6.07) is 20.3. The molecule has 0 atom stereocenters. The third-order valence-electron chi connectivity index (χ3n) is 6.52. The molecule has 1 amide bonds. The molecule has 8 nitrogen and oxygen atoms in total. The monoisotopic (exact) mass is 487 g/mol. The van der Waals surface area contributed by atoms with E-state index in [-0.39, 0.29) is 17.6 Å². The molecule has 3 aromatic heterocycles. The zero-order valence-electron chi connectivity index (χ0n) is 18.7. The fourth-order valence-corrected chi connectivity index (χ4v) is 5.03. The SMILES string of the molecule is O=C(c1cc(-c2ccco2)nn1-c1ccccc1Cl)N1CCC(n2c(=O)[nH]c3ccccc32)CC1. The number of furan rings is 1. The lowest BCUT2D eigenvalue weighted by Gasteiger charge is -2.32. The number of imidazole rings is 1. The predicted octanol–water partition coefficient (Wildman–Crippen LogP) is 4.91. The van der Waals surface area contributed by atoms with Crippen LogP contribution in [0.1, 0.15) is 29.4 Å². The van der Waals surface area contributed by atoms with Crippen LogP contribution in [0.4, 0.5) is 0 Å². The Kier molecular flexibility index (Phi) is 5.30. The van der Waals surface area contributed by atoms with Crippen LogP contribution >= 0.6 is 11.6 Å². The smallest absolute Gasteiger partial charge is 0.326 e. The summed E-state index contributed by atoms with van der Waals surface area (Å²) in [5.74, 6) is 0.433. The largest absolute Gasteiger partial charge is 0.463 e. The van der Waals surface area contributed by atoms with E-state index in [9.17, 15) is 9.59 Å². The van der Waals surface area contributed by atoms with Crippen molar-refractivity contribution in [1.29, 1.82) is 0 Å². The third-order valence-corrected chi connectivity index (χ3v) is 6.84. The first-order valence-electron chi connectivity index (χ1n) is 11.5. The lowest BCUT2D eigenvalue weighted by molar-refractivity contribution is 0.0686. The molecule has 4 heterocycles. The summed E-state index contributed by atoms with van der Waals surface area (Å²) in [6.07, 6.45) is 2.93. The summed E-state index contributed by atoms with van der Waals surface area (Å²) < 4.78 is 8.91. The molecule has 6 rings (SSSR count). The number of rotatable bonds is 4. The number of piperidine rings is 1. The van der Waals surface area contributed by atoms with Crippen molar-refractivity contribution in [3.63, 3.8) is 0 Å². The van der Waals surface area contributed by atoms with Crippen molar-refractivity contribution in [2.75, 3.05) is 13.1 Å². The normalized spacial score (nSPS) is 14.6. The van der Waals surface area contributed by atoms with Crippen molar-refractivity contribution in [3.05, 3.63) is 94.2 Å². The summed E-state index contributed by atoms with van der Waals surface area (Å²) in [7, 11) is 0. The molecule has 0 saturated carbocycles. The van der Waals surface area contributed by atoms with Crippen molar-refractivity contribution in [1.82, 2.24) is 24.2 Å². The number of fused-ring (bicyclic) bond motifs is 1. The molecular formula is C26H22ClN5O3. The van der Waals surface area contributed by atoms with Gasteiger partial charge in [0, 0.05) is 25.2 Å². The van der Waals surface area contributed by atoms with Gasteiger partial charge in [-0.05, 0) is 49.2 Å². The Morgan fingerprint density at radius 1 is 1.03 bits per heavy atom. The highest BCUT2D eigenvalue weighted by Gasteiger charge is 2.29. The van der Waals surface area contributed by atoms with Crippen LogP contribution < -0.4 is 5.69 Å². The molecule has 176 valence electrons. The topological polar surface area (TPSA) is 89.1 Å². The van der Waals surface area contributed by atoms with Crippen LogP contribution in [0.5, 0.6) is 0 Å². The van der Waals surface area contributed by atoms with Crippen molar-refractivity contribution in [3.8, 4) is 17.1 Å². The Balaban J connectivity index is 1.30. The van der Waals surface area contributed by atoms with Crippen molar-refractivity contribution in [2.45, 2.75) is 18.9 Å². The van der Waals surface area contributed by atoms with Crippen LogP contribution in [0.25, 0.3) is 28.2 Å². The molecule has 1 aliphatic heterocycles. The van der Waals surface area contributed by atoms with E-state index in [1.54, 1.807) is 35.2 Å². The molecule has 0 bridgehead atoms. The molecule has 1 fully saturated rings. The highest BCUT2D eigenvalue weighted by Crippen LogP contribution is 2.29. The zero-order valence-corrected chi connectivity index (χ0v) is 19.5. The number of hydrogen-bond donors (Lipinski definition) is 1. The summed E-state index contributed by atoms with van der Waals surface area (Å²) in [6.45, 7) is 1.05. The van der Waals surface area contributed by atoms with Gasteiger partial charge in [-0.2, -0.15) is 5.10 Å². The number of benzene rings is 2. The van der Waals surface area contributed by atoms with Gasteiger partial charge in [-0.1, -0.05) is 35.9 Å². The Morgan fingerprint density at radius 3 is 2.57 bits per heavy atom. The predicted molar refractivity (Wildman–Crippen MR) is 133 cm³/mol. The van der Waals surface area contributed by atoms with Crippen LogP contribution in [-0.4, -0.2) is 43.2 Å². The number of nitrogens with one attached hydrogen (secondary N) is 1. The van der Waals surface area contributed by atoms with Gasteiger partial charge < -0.3 is 14.3 Å². The van der Waals surface area contributed by atoms with Gasteiger partial charge in [0.2, 0.25) is 0 Å². The minimum atomic E-state index is -0.139. The fourth-order valence-electron chi connectivity index (χ4n) is 4.81. The molecule has 2 aromatic carbocycles. The molecule has 1 aliphatic rings. The molecule has 0 aliphatic carbocycles. The minimum Gasteiger partial charge on any atom is -0.463 e. The summed E-state index contributed by atoms with van der Waals surface area (Å²) in [5.41, 5.74) is 3.18. The third kappa shape index (κ3) is 3.76. The van der Waals surface area contributed by atoms with E-state index in [1.807, 2.05) is 51.9 Å². The number of aromatic nitrogens is 4. The number of amides is 1. The number of nitrogens with zero attached hydrogens (tertiary/aromatic N) is 4. The summed E-state index contributed by atoms with van der Waals surface area (Å²) >= 11 is 6.45. The molecule has 5 aromatic rings. The van der Waals surface area contributed by atoms with E-state index in [2.05, 4.69) is 10.1 Å². The van der Waals surface area contributed by atoms with Gasteiger partial charge in [0.1, 0.15) is 11.4 Å². The number of hydrogen-bond acceptors (Lipinski definition) is 4. The van der Waals surface area contributed by atoms with Gasteiger partial charge in [-0.25, -0.2) is 9.48 Å². The molecule has 1 saturated heterocycles. The van der Waals surface area contributed by atoms with Crippen LogP contribution in [0.15, 0.2) is 82.2 Å². The van der Waals surface area contributed by atoms with Crippen molar-refractivity contribution in [2.24, 2.45) is 0 Å². The molecule has 35 heavy (non-hydrogen) atoms. The van der Waals surface area contributed by atoms with E-state index < -0.39 is 0 Å². The van der Waals surface area contributed by atoms with E-state index in [0.717, 1.165) is 11.0 Å². The maximum absolute atomic E-state index is 13.7. The van der Waals surface area contributed by atoms with Crippen molar-refractivity contribution < 1.29 is 9.21 Å². The van der Waals surface area contributed by atoms with Gasteiger partial charge in [0.05, 0.1) is 28.0 Å². The Morgan fingerprint density at radius 2 is 1.80 bits per heavy atom. The maximum Gasteiger partial charge on any atom is 0.326 e. The lowest BCUT2D eigenvalue weighted by Crippen LogP contribution is -2.41. The average Bonchev–Trinajstić information content (AvgIpc) is 3.62. The van der Waals surface area contributed by atoms with Crippen LogP contribution in [0.2, 0.25) is 5.02 Å². The van der Waals surface area contributed by atoms with Gasteiger partial charge in [-0.15, -0.1) is 0 Å². The molecule has 0 radical (unpaired) electrons. The zero-order chi connectivity index (χ0) is 23.9. The van der Waals surface area contributed by atoms with E-state index in [1.165, 1.54) is 0 Å². The second kappa shape index (κ2) is 8.63. The highest BCUT2D eigenvalue weighted by atomic mass is 35.5. The first-order chi connectivity index (χ1) is 17.1. The van der Waals surface area contributed by atoms with Crippen LogP contribution in [0.3, 0.4) is 0 Å². The van der Waals surface area contributed by atoms with Gasteiger partial charge in [-0.3, -0.25) is 9.36 Å². The van der Waals surface area contributed by atoms with E-state index in [0.29, 0.717) is 53.8 Å². The molecular weight excluding hydrogens is 466 g/mol. The van der Waals surface area contributed by atoms with E-state index in [4.69, 9.17) is 16.0 Å². The summed E-state index contributed by atoms with van der Waals surface area (Å²) in [5, 5.41) is 5.14. The Hall–Kier alpha value is -4.04. The lowest BCUT2D eigenvalue weighted by atomic mass is 10.0. The molecule has 0 unspecified atom stereocenters. The molecule has 1 N–H and O–H groups in total. The van der Waals surface area contributed by atoms with Gasteiger partial charge in [0.25, 0.3) is 5.91 Å². The average molecular weight is 488 g/mol. The minimum absolute atomic E-state index is 0.0230. The number of likely N-dealkylation sites (tertiary alicyclic amines) is 1. The maximum atomic E-state index is 13.7. The van der Waals surface area contributed by atoms with Crippen LogP contribution in [0, 0.1) is 0 Å². The highest BCUT2D eigenvalue weighted by molar-refractivity contribution is 6.32. The van der Waals surface area contributed by atoms with E-state index >= 15 is 0 Å². The fraction of sp³-hybridized carbons (Fsp3) is 0.192. The second-order valence-corrected chi connectivity index (χ2v) is 9.00. The van der Waals surface area contributed by atoms with Crippen molar-refractivity contribution >= 4 is 28.5 Å². The van der Waals surface area contributed by atoms with Gasteiger partial charge >= 0.3 is 5.69 Å². The first-order valence-corrected chi connectivity index (χ1v) is 11.9. The number of carbonyl (C=O) groups is 1. The number of para-hydroxylation sites is 3. The second-order valence-electron chi connectivity index (χ2n) is 8.60. The van der Waals surface area contributed by atoms with Crippen LogP contribution in [-0.2, 0) is 0 Å². The quantitative estimate of drug-likeness (QED) is 0.390.